The number of hydrazine groups is 1. The number of benzene rings is 2. The van der Waals surface area contributed by atoms with E-state index in [1.54, 1.807) is 24.1 Å². The number of carbonyl (C=O) groups excluding carboxylic acids is 2. The number of nitrogens with zero attached hydrogens (tertiary/aromatic N) is 2. The first-order valence-corrected chi connectivity index (χ1v) is 11.0. The zero-order valence-corrected chi connectivity index (χ0v) is 16.9. The summed E-state index contributed by atoms with van der Waals surface area (Å²) in [5, 5.41) is 1.03. The average Bonchev–Trinajstić information content (AvgIpc) is 3.38. The second kappa shape index (κ2) is 7.53. The van der Waals surface area contributed by atoms with E-state index < -0.39 is 0 Å². The molecule has 146 valence electrons. The summed E-state index contributed by atoms with van der Waals surface area (Å²) < 4.78 is 5.44. The topological polar surface area (TPSA) is 65.8 Å². The predicted octanol–water partition coefficient (Wildman–Crippen LogP) is 4.19. The van der Waals surface area contributed by atoms with Crippen molar-refractivity contribution in [2.24, 2.45) is 0 Å². The average molecular weight is 424 g/mol. The molecule has 2 amide bonds. The fraction of sp³-hybridized carbons (Fsp3) is 0.143. The van der Waals surface area contributed by atoms with E-state index in [1.165, 1.54) is 16.8 Å². The van der Waals surface area contributed by atoms with Gasteiger partial charge in [-0.05, 0) is 36.4 Å². The highest BCUT2D eigenvalue weighted by molar-refractivity contribution is 8.00. The summed E-state index contributed by atoms with van der Waals surface area (Å²) in [7, 11) is 0. The molecular weight excluding hydrogens is 406 g/mol. The Morgan fingerprint density at radius 1 is 1.03 bits per heavy atom. The molecule has 8 heteroatoms. The van der Waals surface area contributed by atoms with Crippen LogP contribution in [-0.4, -0.2) is 29.1 Å². The number of carbonyl (C=O) groups is 2. The maximum absolute atomic E-state index is 13.0. The quantitative estimate of drug-likeness (QED) is 0.679. The molecule has 1 saturated heterocycles. The van der Waals surface area contributed by atoms with E-state index >= 15 is 0 Å². The summed E-state index contributed by atoms with van der Waals surface area (Å²) in [5.74, 6) is 0.553. The van der Waals surface area contributed by atoms with Crippen LogP contribution in [0.25, 0.3) is 0 Å². The molecule has 0 saturated carbocycles. The van der Waals surface area contributed by atoms with Crippen molar-refractivity contribution in [2.75, 3.05) is 17.2 Å². The molecule has 1 N–H and O–H groups in total. The van der Waals surface area contributed by atoms with Gasteiger partial charge in [0.2, 0.25) is 0 Å². The minimum absolute atomic E-state index is 0.105. The second-order valence-electron chi connectivity index (χ2n) is 6.60. The van der Waals surface area contributed by atoms with E-state index in [0.29, 0.717) is 11.5 Å². The standard InChI is InChI=1S/C21H17N3O3S2/c25-19(22-24-20(26)13-28-21(24)16-8-5-11-27-16)12-23-14-6-1-3-9-17(14)29-18-10-4-2-7-15(18)23/h1-11,21H,12-13H2,(H,22,25). The van der Waals surface area contributed by atoms with Gasteiger partial charge in [0.1, 0.15) is 12.3 Å². The molecule has 0 aliphatic carbocycles. The van der Waals surface area contributed by atoms with Gasteiger partial charge >= 0.3 is 0 Å². The molecule has 3 aromatic rings. The molecule has 1 fully saturated rings. The summed E-state index contributed by atoms with van der Waals surface area (Å²) in [6.45, 7) is 0.105. The van der Waals surface area contributed by atoms with Gasteiger partial charge in [-0.3, -0.25) is 15.0 Å². The maximum atomic E-state index is 13.0. The van der Waals surface area contributed by atoms with Gasteiger partial charge < -0.3 is 9.32 Å². The van der Waals surface area contributed by atoms with Crippen molar-refractivity contribution in [1.82, 2.24) is 10.4 Å². The van der Waals surface area contributed by atoms with Gasteiger partial charge in [-0.25, -0.2) is 5.01 Å². The van der Waals surface area contributed by atoms with E-state index in [2.05, 4.69) is 17.6 Å². The summed E-state index contributed by atoms with van der Waals surface area (Å²) >= 11 is 3.12. The molecular formula is C21H17N3O3S2. The van der Waals surface area contributed by atoms with E-state index in [4.69, 9.17) is 4.42 Å². The van der Waals surface area contributed by atoms with Crippen molar-refractivity contribution >= 4 is 46.7 Å². The molecule has 6 nitrogen and oxygen atoms in total. The van der Waals surface area contributed by atoms with Gasteiger partial charge in [0, 0.05) is 9.79 Å². The Kier molecular flexibility index (Phi) is 4.73. The summed E-state index contributed by atoms with van der Waals surface area (Å²) in [4.78, 5) is 29.5. The molecule has 5 rings (SSSR count). The first-order chi connectivity index (χ1) is 14.2. The highest BCUT2D eigenvalue weighted by Crippen LogP contribution is 2.47. The van der Waals surface area contributed by atoms with Crippen molar-refractivity contribution in [1.29, 1.82) is 0 Å². The number of furan rings is 1. The molecule has 1 atom stereocenters. The lowest BCUT2D eigenvalue weighted by Gasteiger charge is -2.33. The fourth-order valence-electron chi connectivity index (χ4n) is 3.45. The van der Waals surface area contributed by atoms with Crippen LogP contribution in [0.2, 0.25) is 0 Å². The number of fused-ring (bicyclic) bond motifs is 2. The van der Waals surface area contributed by atoms with Gasteiger partial charge in [-0.1, -0.05) is 36.0 Å². The Labute approximate surface area is 176 Å². The van der Waals surface area contributed by atoms with E-state index in [-0.39, 0.29) is 23.7 Å². The molecule has 0 bridgehead atoms. The van der Waals surface area contributed by atoms with Crippen LogP contribution >= 0.6 is 23.5 Å². The maximum Gasteiger partial charge on any atom is 0.258 e. The van der Waals surface area contributed by atoms with Crippen LogP contribution in [0, 0.1) is 0 Å². The van der Waals surface area contributed by atoms with Crippen LogP contribution in [0.1, 0.15) is 11.1 Å². The number of thioether (sulfide) groups is 1. The number of rotatable bonds is 4. The largest absolute Gasteiger partial charge is 0.466 e. The summed E-state index contributed by atoms with van der Waals surface area (Å²) in [6, 6.07) is 19.6. The van der Waals surface area contributed by atoms with Crippen LogP contribution in [0.4, 0.5) is 11.4 Å². The Morgan fingerprint density at radius 2 is 1.72 bits per heavy atom. The van der Waals surface area contributed by atoms with Crippen molar-refractivity contribution in [3.63, 3.8) is 0 Å². The first-order valence-electron chi connectivity index (χ1n) is 9.11. The van der Waals surface area contributed by atoms with Crippen LogP contribution in [0.3, 0.4) is 0 Å². The highest BCUT2D eigenvalue weighted by Gasteiger charge is 2.36. The molecule has 3 heterocycles. The molecule has 0 spiro atoms. The van der Waals surface area contributed by atoms with Crippen LogP contribution in [0.15, 0.2) is 81.1 Å². The third kappa shape index (κ3) is 3.38. The van der Waals surface area contributed by atoms with E-state index in [0.717, 1.165) is 21.2 Å². The zero-order valence-electron chi connectivity index (χ0n) is 15.3. The zero-order chi connectivity index (χ0) is 19.8. The lowest BCUT2D eigenvalue weighted by atomic mass is 10.2. The Morgan fingerprint density at radius 3 is 2.38 bits per heavy atom. The number of hydrogen-bond donors (Lipinski definition) is 1. The van der Waals surface area contributed by atoms with Crippen molar-refractivity contribution < 1.29 is 14.0 Å². The molecule has 1 unspecified atom stereocenters. The monoisotopic (exact) mass is 423 g/mol. The van der Waals surface area contributed by atoms with Gasteiger partial charge in [0.25, 0.3) is 11.8 Å². The highest BCUT2D eigenvalue weighted by atomic mass is 32.2. The van der Waals surface area contributed by atoms with E-state index in [1.807, 2.05) is 47.4 Å². The lowest BCUT2D eigenvalue weighted by Crippen LogP contribution is -2.48. The van der Waals surface area contributed by atoms with Crippen LogP contribution in [0.5, 0.6) is 0 Å². The minimum atomic E-state index is -0.349. The van der Waals surface area contributed by atoms with Crippen molar-refractivity contribution in [2.45, 2.75) is 15.2 Å². The van der Waals surface area contributed by atoms with Crippen LogP contribution in [-0.2, 0) is 9.59 Å². The molecule has 1 aromatic heterocycles. The Bertz CT molecular complexity index is 1030. The normalized spacial score (nSPS) is 17.8. The first kappa shape index (κ1) is 18.2. The van der Waals surface area contributed by atoms with Crippen LogP contribution < -0.4 is 10.3 Å². The fourth-order valence-corrected chi connectivity index (χ4v) is 5.61. The number of anilines is 2. The number of para-hydroxylation sites is 2. The lowest BCUT2D eigenvalue weighted by molar-refractivity contribution is -0.139. The molecule has 2 aliphatic heterocycles. The van der Waals surface area contributed by atoms with Gasteiger partial charge in [0.15, 0.2) is 5.37 Å². The predicted molar refractivity (Wildman–Crippen MR) is 113 cm³/mol. The second-order valence-corrected chi connectivity index (χ2v) is 8.75. The molecule has 0 radical (unpaired) electrons. The van der Waals surface area contributed by atoms with E-state index in [9.17, 15) is 9.59 Å². The van der Waals surface area contributed by atoms with Gasteiger partial charge in [-0.2, -0.15) is 0 Å². The minimum Gasteiger partial charge on any atom is -0.466 e. The third-order valence-corrected chi connectivity index (χ3v) is 7.04. The molecule has 29 heavy (non-hydrogen) atoms. The summed E-state index contributed by atoms with van der Waals surface area (Å²) in [5.41, 5.74) is 4.76. The molecule has 2 aromatic carbocycles. The smallest absolute Gasteiger partial charge is 0.258 e. The summed E-state index contributed by atoms with van der Waals surface area (Å²) in [6.07, 6.45) is 1.57. The number of nitrogens with one attached hydrogen (secondary N) is 1. The number of amides is 2. The SMILES string of the molecule is O=C(CN1c2ccccc2Sc2ccccc21)NN1C(=O)CSC1c1ccco1. The Hall–Kier alpha value is -2.84. The van der Waals surface area contributed by atoms with Gasteiger partial charge in [0.05, 0.1) is 23.4 Å². The van der Waals surface area contributed by atoms with Crippen molar-refractivity contribution in [3.8, 4) is 0 Å². The Balaban J connectivity index is 1.39. The third-order valence-electron chi connectivity index (χ3n) is 4.73. The van der Waals surface area contributed by atoms with Gasteiger partial charge in [-0.15, -0.1) is 11.8 Å². The van der Waals surface area contributed by atoms with Crippen molar-refractivity contribution in [3.05, 3.63) is 72.7 Å². The molecule has 2 aliphatic rings. The number of hydrogen-bond acceptors (Lipinski definition) is 6.